The van der Waals surface area contributed by atoms with Gasteiger partial charge < -0.3 is 9.47 Å². The van der Waals surface area contributed by atoms with Crippen LogP contribution in [0.15, 0.2) is 6.07 Å². The molecule has 92 valence electrons. The maximum absolute atomic E-state index is 11.6. The predicted molar refractivity (Wildman–Crippen MR) is 58.1 cm³/mol. The molecule has 7 nitrogen and oxygen atoms in total. The van der Waals surface area contributed by atoms with E-state index in [0.29, 0.717) is 5.69 Å². The monoisotopic (exact) mass is 240 g/mol. The summed E-state index contributed by atoms with van der Waals surface area (Å²) < 4.78 is 9.54. The molecule has 17 heavy (non-hydrogen) atoms. The van der Waals surface area contributed by atoms with E-state index in [9.17, 15) is 14.9 Å². The number of nitrogens with zero attached hydrogens (tertiary/aromatic N) is 2. The van der Waals surface area contributed by atoms with Gasteiger partial charge in [0, 0.05) is 5.69 Å². The Hall–Kier alpha value is -2.18. The van der Waals surface area contributed by atoms with E-state index in [1.54, 1.807) is 13.8 Å². The van der Waals surface area contributed by atoms with Crippen LogP contribution in [0.3, 0.4) is 0 Å². The van der Waals surface area contributed by atoms with Crippen molar-refractivity contribution in [2.75, 3.05) is 13.7 Å². The standard InChI is InChI=1S/C10H12N2O5/c1-4-17-10(13)7-5-6(2)11-9(16-3)8(7)12(14)15/h5H,4H2,1-3H3. The minimum Gasteiger partial charge on any atom is -0.476 e. The van der Waals surface area contributed by atoms with Gasteiger partial charge in [0.15, 0.2) is 0 Å². The van der Waals surface area contributed by atoms with Gasteiger partial charge in [-0.3, -0.25) is 10.1 Å². The van der Waals surface area contributed by atoms with Crippen molar-refractivity contribution < 1.29 is 19.2 Å². The summed E-state index contributed by atoms with van der Waals surface area (Å²) in [6.45, 7) is 3.36. The second-order valence-corrected chi connectivity index (χ2v) is 3.15. The van der Waals surface area contributed by atoms with Crippen LogP contribution in [-0.2, 0) is 4.74 Å². The highest BCUT2D eigenvalue weighted by Crippen LogP contribution is 2.29. The molecular weight excluding hydrogens is 228 g/mol. The van der Waals surface area contributed by atoms with E-state index in [0.717, 1.165) is 0 Å². The third-order valence-electron chi connectivity index (χ3n) is 1.96. The molecule has 0 aromatic carbocycles. The second-order valence-electron chi connectivity index (χ2n) is 3.15. The molecule has 1 aromatic rings. The second kappa shape index (κ2) is 5.24. The topological polar surface area (TPSA) is 91.6 Å². The van der Waals surface area contributed by atoms with Crippen molar-refractivity contribution in [1.82, 2.24) is 4.98 Å². The number of carbonyl (C=O) groups is 1. The van der Waals surface area contributed by atoms with Gasteiger partial charge in [0.05, 0.1) is 18.6 Å². The molecule has 0 saturated carbocycles. The summed E-state index contributed by atoms with van der Waals surface area (Å²) >= 11 is 0. The Morgan fingerprint density at radius 2 is 2.24 bits per heavy atom. The van der Waals surface area contributed by atoms with Gasteiger partial charge in [-0.2, -0.15) is 0 Å². The molecule has 0 fully saturated rings. The summed E-state index contributed by atoms with van der Waals surface area (Å²) in [7, 11) is 1.25. The van der Waals surface area contributed by atoms with Crippen molar-refractivity contribution in [2.24, 2.45) is 0 Å². The zero-order valence-corrected chi connectivity index (χ0v) is 9.72. The van der Waals surface area contributed by atoms with Gasteiger partial charge in [-0.25, -0.2) is 9.78 Å². The van der Waals surface area contributed by atoms with Crippen LogP contribution in [0.4, 0.5) is 5.69 Å². The highest BCUT2D eigenvalue weighted by Gasteiger charge is 2.28. The number of pyridine rings is 1. The fourth-order valence-corrected chi connectivity index (χ4v) is 1.32. The number of rotatable bonds is 4. The van der Waals surface area contributed by atoms with E-state index in [-0.39, 0.29) is 18.1 Å². The van der Waals surface area contributed by atoms with Gasteiger partial charge in [-0.05, 0) is 19.9 Å². The number of esters is 1. The summed E-state index contributed by atoms with van der Waals surface area (Å²) in [6, 6.07) is 1.30. The smallest absolute Gasteiger partial charge is 0.345 e. The average Bonchev–Trinajstić information content (AvgIpc) is 2.27. The van der Waals surface area contributed by atoms with Crippen LogP contribution in [0.25, 0.3) is 0 Å². The molecule has 1 heterocycles. The van der Waals surface area contributed by atoms with E-state index in [1.807, 2.05) is 0 Å². The van der Waals surface area contributed by atoms with Crippen LogP contribution in [0, 0.1) is 17.0 Å². The Balaban J connectivity index is 3.40. The number of aryl methyl sites for hydroxylation is 1. The normalized spacial score (nSPS) is 9.82. The lowest BCUT2D eigenvalue weighted by Crippen LogP contribution is -2.10. The van der Waals surface area contributed by atoms with Gasteiger partial charge in [-0.1, -0.05) is 0 Å². The summed E-state index contributed by atoms with van der Waals surface area (Å²) in [5.74, 6) is -0.957. The number of ether oxygens (including phenoxy) is 2. The zero-order valence-electron chi connectivity index (χ0n) is 9.72. The number of aromatic nitrogens is 1. The number of nitro groups is 1. The van der Waals surface area contributed by atoms with E-state index in [2.05, 4.69) is 4.98 Å². The lowest BCUT2D eigenvalue weighted by molar-refractivity contribution is -0.386. The summed E-state index contributed by atoms with van der Waals surface area (Å²) in [6.07, 6.45) is 0. The molecule has 7 heteroatoms. The molecule has 0 aliphatic carbocycles. The van der Waals surface area contributed by atoms with Crippen molar-refractivity contribution >= 4 is 11.7 Å². The van der Waals surface area contributed by atoms with Gasteiger partial charge in [0.2, 0.25) is 0 Å². The molecule has 0 N–H and O–H groups in total. The summed E-state index contributed by atoms with van der Waals surface area (Å²) in [5, 5.41) is 10.9. The molecule has 0 aliphatic rings. The van der Waals surface area contributed by atoms with Crippen LogP contribution in [0.2, 0.25) is 0 Å². The van der Waals surface area contributed by atoms with Gasteiger partial charge >= 0.3 is 11.7 Å². The van der Waals surface area contributed by atoms with Crippen LogP contribution in [0.1, 0.15) is 23.0 Å². The van der Waals surface area contributed by atoms with Crippen LogP contribution >= 0.6 is 0 Å². The molecule has 0 atom stereocenters. The average molecular weight is 240 g/mol. The van der Waals surface area contributed by atoms with Crippen molar-refractivity contribution in [2.45, 2.75) is 13.8 Å². The fraction of sp³-hybridized carbons (Fsp3) is 0.400. The fourth-order valence-electron chi connectivity index (χ4n) is 1.32. The van der Waals surface area contributed by atoms with Crippen LogP contribution in [0.5, 0.6) is 5.88 Å². The Labute approximate surface area is 97.5 Å². The number of carbonyl (C=O) groups excluding carboxylic acids is 1. The minimum atomic E-state index is -0.761. The molecule has 0 spiro atoms. The van der Waals surface area contributed by atoms with Crippen LogP contribution < -0.4 is 4.74 Å². The minimum absolute atomic E-state index is 0.139. The highest BCUT2D eigenvalue weighted by atomic mass is 16.6. The Morgan fingerprint density at radius 1 is 1.59 bits per heavy atom. The third kappa shape index (κ3) is 2.68. The largest absolute Gasteiger partial charge is 0.476 e. The SMILES string of the molecule is CCOC(=O)c1cc(C)nc(OC)c1[N+](=O)[O-]. The van der Waals surface area contributed by atoms with Crippen molar-refractivity contribution in [3.8, 4) is 5.88 Å². The molecule has 0 radical (unpaired) electrons. The summed E-state index contributed by atoms with van der Waals surface area (Å²) in [5.41, 5.74) is -0.187. The lowest BCUT2D eigenvalue weighted by atomic mass is 10.2. The molecule has 1 aromatic heterocycles. The number of hydrogen-bond acceptors (Lipinski definition) is 6. The van der Waals surface area contributed by atoms with E-state index in [4.69, 9.17) is 9.47 Å². The molecule has 0 saturated heterocycles. The lowest BCUT2D eigenvalue weighted by Gasteiger charge is -2.07. The number of hydrogen-bond donors (Lipinski definition) is 0. The van der Waals surface area contributed by atoms with E-state index < -0.39 is 16.6 Å². The zero-order chi connectivity index (χ0) is 13.0. The van der Waals surface area contributed by atoms with Crippen molar-refractivity contribution in [1.29, 1.82) is 0 Å². The van der Waals surface area contributed by atoms with Crippen molar-refractivity contribution in [3.05, 3.63) is 27.4 Å². The molecule has 0 amide bonds. The van der Waals surface area contributed by atoms with Gasteiger partial charge in [-0.15, -0.1) is 0 Å². The first-order valence-corrected chi connectivity index (χ1v) is 4.88. The highest BCUT2D eigenvalue weighted by molar-refractivity contribution is 5.95. The first-order valence-electron chi connectivity index (χ1n) is 4.88. The Morgan fingerprint density at radius 3 is 2.71 bits per heavy atom. The van der Waals surface area contributed by atoms with Crippen LogP contribution in [-0.4, -0.2) is 29.6 Å². The quantitative estimate of drug-likeness (QED) is 0.449. The Bertz CT molecular complexity index is 458. The maximum atomic E-state index is 11.6. The molecular formula is C10H12N2O5. The van der Waals surface area contributed by atoms with Gasteiger partial charge in [0.1, 0.15) is 5.56 Å². The Kier molecular flexibility index (Phi) is 3.97. The number of methoxy groups -OCH3 is 1. The molecule has 0 aliphatic heterocycles. The summed E-state index contributed by atoms with van der Waals surface area (Å²) in [4.78, 5) is 25.6. The predicted octanol–water partition coefficient (Wildman–Crippen LogP) is 1.48. The first kappa shape index (κ1) is 12.9. The maximum Gasteiger partial charge on any atom is 0.345 e. The first-order chi connectivity index (χ1) is 8.01. The van der Waals surface area contributed by atoms with E-state index >= 15 is 0 Å². The van der Waals surface area contributed by atoms with Gasteiger partial charge in [0.25, 0.3) is 5.88 Å². The molecule has 0 unspecified atom stereocenters. The molecule has 0 bridgehead atoms. The van der Waals surface area contributed by atoms with Crippen molar-refractivity contribution in [3.63, 3.8) is 0 Å². The molecule has 1 rings (SSSR count). The van der Waals surface area contributed by atoms with E-state index in [1.165, 1.54) is 13.2 Å². The third-order valence-corrected chi connectivity index (χ3v) is 1.96.